The average Bonchev–Trinajstić information content (AvgIpc) is 2.82. The largest absolute Gasteiger partial charge is 0.497 e. The van der Waals surface area contributed by atoms with Gasteiger partial charge in [0.2, 0.25) is 0 Å². The van der Waals surface area contributed by atoms with Gasteiger partial charge in [0.15, 0.2) is 0 Å². The van der Waals surface area contributed by atoms with Crippen LogP contribution in [0.15, 0.2) is 36.7 Å². The number of aliphatic hydroxyl groups is 1. The summed E-state index contributed by atoms with van der Waals surface area (Å²) < 4.78 is 7.06. The molecule has 1 unspecified atom stereocenters. The second-order valence-electron chi connectivity index (χ2n) is 4.70. The smallest absolute Gasteiger partial charge is 0.118 e. The monoisotopic (exact) mass is 260 g/mol. The molecule has 4 nitrogen and oxygen atoms in total. The maximum atomic E-state index is 10.0. The van der Waals surface area contributed by atoms with Gasteiger partial charge < -0.3 is 14.4 Å². The number of nitrogens with zero attached hydrogens (tertiary/aromatic N) is 2. The lowest BCUT2D eigenvalue weighted by Gasteiger charge is -2.10. The fraction of sp³-hybridized carbons (Fsp3) is 0.400. The first-order valence-corrected chi connectivity index (χ1v) is 6.46. The number of ether oxygens (including phenoxy) is 1. The molecule has 19 heavy (non-hydrogen) atoms. The number of aromatic nitrogens is 2. The molecule has 0 fully saturated rings. The van der Waals surface area contributed by atoms with Crippen LogP contribution in [0.5, 0.6) is 5.75 Å². The van der Waals surface area contributed by atoms with Crippen molar-refractivity contribution in [1.29, 1.82) is 0 Å². The molecule has 0 amide bonds. The maximum absolute atomic E-state index is 10.0. The van der Waals surface area contributed by atoms with E-state index in [4.69, 9.17) is 4.74 Å². The molecular formula is C15H20N2O2. The molecule has 0 spiro atoms. The molecular weight excluding hydrogens is 240 g/mol. The van der Waals surface area contributed by atoms with E-state index < -0.39 is 0 Å². The highest BCUT2D eigenvalue weighted by Crippen LogP contribution is 2.14. The van der Waals surface area contributed by atoms with Gasteiger partial charge in [0, 0.05) is 25.9 Å². The van der Waals surface area contributed by atoms with Crippen molar-refractivity contribution in [3.05, 3.63) is 48.0 Å². The summed E-state index contributed by atoms with van der Waals surface area (Å²) >= 11 is 0. The third-order valence-corrected chi connectivity index (χ3v) is 3.26. The van der Waals surface area contributed by atoms with E-state index in [0.29, 0.717) is 6.42 Å². The van der Waals surface area contributed by atoms with E-state index in [9.17, 15) is 5.11 Å². The lowest BCUT2D eigenvalue weighted by molar-refractivity contribution is 0.162. The van der Waals surface area contributed by atoms with E-state index in [2.05, 4.69) is 4.98 Å². The van der Waals surface area contributed by atoms with Crippen molar-refractivity contribution in [3.63, 3.8) is 0 Å². The molecule has 2 aromatic rings. The van der Waals surface area contributed by atoms with Crippen LogP contribution in [0.4, 0.5) is 0 Å². The van der Waals surface area contributed by atoms with Gasteiger partial charge in [-0.05, 0) is 30.5 Å². The molecule has 0 saturated heterocycles. The molecule has 2 rings (SSSR count). The first-order chi connectivity index (χ1) is 9.19. The summed E-state index contributed by atoms with van der Waals surface area (Å²) in [7, 11) is 3.60. The number of aliphatic hydroxyl groups excluding tert-OH is 1. The van der Waals surface area contributed by atoms with Crippen LogP contribution in [-0.4, -0.2) is 27.9 Å². The van der Waals surface area contributed by atoms with Crippen LogP contribution in [0.2, 0.25) is 0 Å². The van der Waals surface area contributed by atoms with E-state index in [-0.39, 0.29) is 6.10 Å². The summed E-state index contributed by atoms with van der Waals surface area (Å²) in [5, 5.41) is 10.0. The summed E-state index contributed by atoms with van der Waals surface area (Å²) in [6.07, 6.45) is 5.48. The van der Waals surface area contributed by atoms with E-state index >= 15 is 0 Å². The maximum Gasteiger partial charge on any atom is 0.118 e. The number of aryl methyl sites for hydroxylation is 2. The van der Waals surface area contributed by atoms with Gasteiger partial charge in [-0.2, -0.15) is 0 Å². The van der Waals surface area contributed by atoms with Crippen molar-refractivity contribution in [2.75, 3.05) is 7.11 Å². The summed E-state index contributed by atoms with van der Waals surface area (Å²) in [4.78, 5) is 4.22. The normalized spacial score (nSPS) is 12.4. The third-order valence-electron chi connectivity index (χ3n) is 3.26. The number of hydrogen-bond acceptors (Lipinski definition) is 3. The third kappa shape index (κ3) is 3.83. The van der Waals surface area contributed by atoms with Crippen molar-refractivity contribution >= 4 is 0 Å². The Labute approximate surface area is 113 Å². The van der Waals surface area contributed by atoms with Crippen LogP contribution in [0, 0.1) is 0 Å². The van der Waals surface area contributed by atoms with Gasteiger partial charge >= 0.3 is 0 Å². The Hall–Kier alpha value is -1.81. The fourth-order valence-corrected chi connectivity index (χ4v) is 2.03. The van der Waals surface area contributed by atoms with Gasteiger partial charge in [-0.15, -0.1) is 0 Å². The van der Waals surface area contributed by atoms with Gasteiger partial charge in [-0.3, -0.25) is 0 Å². The van der Waals surface area contributed by atoms with Crippen molar-refractivity contribution in [3.8, 4) is 5.75 Å². The molecule has 1 atom stereocenters. The predicted octanol–water partition coefficient (Wildman–Crippen LogP) is 1.96. The van der Waals surface area contributed by atoms with Crippen molar-refractivity contribution < 1.29 is 9.84 Å². The molecule has 0 saturated carbocycles. The highest BCUT2D eigenvalue weighted by atomic mass is 16.5. The first-order valence-electron chi connectivity index (χ1n) is 6.46. The van der Waals surface area contributed by atoms with Crippen molar-refractivity contribution in [1.82, 2.24) is 9.55 Å². The Morgan fingerprint density at radius 3 is 2.63 bits per heavy atom. The number of rotatable bonds is 6. The van der Waals surface area contributed by atoms with Crippen molar-refractivity contribution in [2.45, 2.75) is 25.4 Å². The van der Waals surface area contributed by atoms with Crippen molar-refractivity contribution in [2.24, 2.45) is 7.05 Å². The molecule has 102 valence electrons. The second kappa shape index (κ2) is 6.38. The predicted molar refractivity (Wildman–Crippen MR) is 74.2 cm³/mol. The van der Waals surface area contributed by atoms with Crippen LogP contribution in [0.25, 0.3) is 0 Å². The van der Waals surface area contributed by atoms with E-state index in [1.807, 2.05) is 42.1 Å². The Morgan fingerprint density at radius 2 is 2.05 bits per heavy atom. The second-order valence-corrected chi connectivity index (χ2v) is 4.70. The minimum absolute atomic E-state index is 0.358. The van der Waals surface area contributed by atoms with Crippen LogP contribution in [0.1, 0.15) is 17.8 Å². The average molecular weight is 260 g/mol. The van der Waals surface area contributed by atoms with Gasteiger partial charge in [0.05, 0.1) is 13.2 Å². The van der Waals surface area contributed by atoms with Gasteiger partial charge in [0.1, 0.15) is 11.6 Å². The molecule has 0 aliphatic carbocycles. The highest BCUT2D eigenvalue weighted by molar-refractivity contribution is 5.27. The van der Waals surface area contributed by atoms with Crippen LogP contribution >= 0.6 is 0 Å². The van der Waals surface area contributed by atoms with Crippen LogP contribution < -0.4 is 4.74 Å². The van der Waals surface area contributed by atoms with E-state index in [1.165, 1.54) is 5.56 Å². The zero-order valence-electron chi connectivity index (χ0n) is 11.4. The lowest BCUT2D eigenvalue weighted by atomic mass is 10.0. The van der Waals surface area contributed by atoms with Gasteiger partial charge in [-0.25, -0.2) is 4.98 Å². The van der Waals surface area contributed by atoms with E-state index in [0.717, 1.165) is 24.4 Å². The standard InChI is InChI=1S/C15H20N2O2/c1-17-10-9-16-15(17)11-13(18)6-3-12-4-7-14(19-2)8-5-12/h4-5,7-10,13,18H,3,6,11H2,1-2H3. The molecule has 0 aliphatic heterocycles. The van der Waals surface area contributed by atoms with Gasteiger partial charge in [-0.1, -0.05) is 12.1 Å². The van der Waals surface area contributed by atoms with Gasteiger partial charge in [0.25, 0.3) is 0 Å². The van der Waals surface area contributed by atoms with E-state index in [1.54, 1.807) is 13.3 Å². The zero-order valence-corrected chi connectivity index (χ0v) is 11.4. The number of benzene rings is 1. The topological polar surface area (TPSA) is 47.3 Å². The van der Waals surface area contributed by atoms with Crippen LogP contribution in [0.3, 0.4) is 0 Å². The quantitative estimate of drug-likeness (QED) is 0.863. The minimum atomic E-state index is -0.358. The zero-order chi connectivity index (χ0) is 13.7. The first kappa shape index (κ1) is 13.6. The lowest BCUT2D eigenvalue weighted by Crippen LogP contribution is -2.14. The summed E-state index contributed by atoms with van der Waals surface area (Å²) in [6, 6.07) is 7.96. The molecule has 1 aromatic carbocycles. The molecule has 1 heterocycles. The Bertz CT molecular complexity index is 505. The molecule has 1 aromatic heterocycles. The molecule has 1 N–H and O–H groups in total. The summed E-state index contributed by atoms with van der Waals surface area (Å²) in [6.45, 7) is 0. The molecule has 0 radical (unpaired) electrons. The Balaban J connectivity index is 1.82. The molecule has 4 heteroatoms. The van der Waals surface area contributed by atoms with Crippen LogP contribution in [-0.2, 0) is 19.9 Å². The summed E-state index contributed by atoms with van der Waals surface area (Å²) in [5.74, 6) is 1.78. The molecule has 0 bridgehead atoms. The minimum Gasteiger partial charge on any atom is -0.497 e. The number of imidazole rings is 1. The number of hydrogen-bond donors (Lipinski definition) is 1. The fourth-order valence-electron chi connectivity index (χ4n) is 2.03. The SMILES string of the molecule is COc1ccc(CCC(O)Cc2nccn2C)cc1. The summed E-state index contributed by atoms with van der Waals surface area (Å²) in [5.41, 5.74) is 1.21. The highest BCUT2D eigenvalue weighted by Gasteiger charge is 2.09. The Kier molecular flexibility index (Phi) is 4.58. The number of methoxy groups -OCH3 is 1. The molecule has 0 aliphatic rings. The Morgan fingerprint density at radius 1 is 1.32 bits per heavy atom.